The Labute approximate surface area is 165 Å². The van der Waals surface area contributed by atoms with Gasteiger partial charge >= 0.3 is 0 Å². The van der Waals surface area contributed by atoms with Gasteiger partial charge in [0.1, 0.15) is 17.0 Å². The first-order chi connectivity index (χ1) is 12.5. The van der Waals surface area contributed by atoms with Crippen molar-refractivity contribution < 1.29 is 0 Å². The van der Waals surface area contributed by atoms with Crippen LogP contribution in [-0.2, 0) is 0 Å². The monoisotopic (exact) mass is 423 g/mol. The SMILES string of the molecule is Cc1ccc(-c2c(C)sc3ncnc(Nc4ccc(Br)cc4)c23)cc1C. The zero-order valence-corrected chi connectivity index (χ0v) is 17.2. The summed E-state index contributed by atoms with van der Waals surface area (Å²) in [5, 5.41) is 4.54. The van der Waals surface area contributed by atoms with Crippen LogP contribution in [0.2, 0.25) is 0 Å². The zero-order valence-electron chi connectivity index (χ0n) is 14.8. The molecule has 0 unspecified atom stereocenters. The predicted molar refractivity (Wildman–Crippen MR) is 114 cm³/mol. The number of halogens is 1. The summed E-state index contributed by atoms with van der Waals surface area (Å²) in [6, 6.07) is 14.7. The van der Waals surface area contributed by atoms with Gasteiger partial charge in [-0.3, -0.25) is 0 Å². The predicted octanol–water partition coefficient (Wildman–Crippen LogP) is 6.79. The summed E-state index contributed by atoms with van der Waals surface area (Å²) in [6.07, 6.45) is 1.63. The van der Waals surface area contributed by atoms with Crippen molar-refractivity contribution in [1.82, 2.24) is 9.97 Å². The Morgan fingerprint density at radius 3 is 2.42 bits per heavy atom. The van der Waals surface area contributed by atoms with Gasteiger partial charge < -0.3 is 5.32 Å². The summed E-state index contributed by atoms with van der Waals surface area (Å²) < 4.78 is 1.05. The molecule has 4 aromatic rings. The van der Waals surface area contributed by atoms with E-state index in [9.17, 15) is 0 Å². The summed E-state index contributed by atoms with van der Waals surface area (Å²) in [5.41, 5.74) is 6.03. The lowest BCUT2D eigenvalue weighted by atomic mass is 9.99. The summed E-state index contributed by atoms with van der Waals surface area (Å²) in [5.74, 6) is 0.843. The van der Waals surface area contributed by atoms with Crippen LogP contribution >= 0.6 is 27.3 Å². The summed E-state index contributed by atoms with van der Waals surface area (Å²) in [4.78, 5) is 11.3. The highest BCUT2D eigenvalue weighted by Gasteiger charge is 2.17. The maximum absolute atomic E-state index is 4.54. The minimum absolute atomic E-state index is 0.843. The van der Waals surface area contributed by atoms with Crippen molar-refractivity contribution in [3.63, 3.8) is 0 Å². The van der Waals surface area contributed by atoms with E-state index in [-0.39, 0.29) is 0 Å². The molecule has 2 aromatic heterocycles. The van der Waals surface area contributed by atoms with E-state index >= 15 is 0 Å². The maximum Gasteiger partial charge on any atom is 0.143 e. The van der Waals surface area contributed by atoms with E-state index in [4.69, 9.17) is 0 Å². The van der Waals surface area contributed by atoms with Crippen LogP contribution in [0.4, 0.5) is 11.5 Å². The number of nitrogens with one attached hydrogen (secondary N) is 1. The molecule has 26 heavy (non-hydrogen) atoms. The third-order valence-electron chi connectivity index (χ3n) is 4.57. The number of rotatable bonds is 3. The lowest BCUT2D eigenvalue weighted by Gasteiger charge is -2.10. The van der Waals surface area contributed by atoms with Gasteiger partial charge in [-0.2, -0.15) is 0 Å². The molecule has 0 amide bonds. The molecule has 4 rings (SSSR count). The number of aromatic nitrogens is 2. The Morgan fingerprint density at radius 2 is 1.69 bits per heavy atom. The first kappa shape index (κ1) is 17.2. The van der Waals surface area contributed by atoms with Crippen LogP contribution in [0, 0.1) is 20.8 Å². The standard InChI is InChI=1S/C21H18BrN3S/c1-12-4-5-15(10-13(12)2)18-14(3)26-21-19(18)20(23-11-24-21)25-17-8-6-16(22)7-9-17/h4-11H,1-3H3,(H,23,24,25). The molecule has 0 fully saturated rings. The van der Waals surface area contributed by atoms with Gasteiger partial charge in [0.25, 0.3) is 0 Å². The van der Waals surface area contributed by atoms with E-state index in [1.807, 2.05) is 24.3 Å². The van der Waals surface area contributed by atoms with Gasteiger partial charge in [-0.05, 0) is 61.7 Å². The van der Waals surface area contributed by atoms with Crippen molar-refractivity contribution in [2.45, 2.75) is 20.8 Å². The van der Waals surface area contributed by atoms with Gasteiger partial charge in [-0.25, -0.2) is 9.97 Å². The topological polar surface area (TPSA) is 37.8 Å². The smallest absolute Gasteiger partial charge is 0.143 e. The minimum atomic E-state index is 0.843. The Kier molecular flexibility index (Phi) is 4.51. The minimum Gasteiger partial charge on any atom is -0.340 e. The summed E-state index contributed by atoms with van der Waals surface area (Å²) >= 11 is 5.19. The van der Waals surface area contributed by atoms with Crippen molar-refractivity contribution in [1.29, 1.82) is 0 Å². The van der Waals surface area contributed by atoms with Crippen LogP contribution in [0.5, 0.6) is 0 Å². The molecule has 0 atom stereocenters. The van der Waals surface area contributed by atoms with Gasteiger partial charge in [-0.1, -0.05) is 34.1 Å². The highest BCUT2D eigenvalue weighted by atomic mass is 79.9. The fourth-order valence-corrected chi connectivity index (χ4v) is 4.33. The third-order valence-corrected chi connectivity index (χ3v) is 6.11. The molecule has 0 aliphatic heterocycles. The number of anilines is 2. The number of aryl methyl sites for hydroxylation is 3. The Balaban J connectivity index is 1.89. The fourth-order valence-electron chi connectivity index (χ4n) is 3.05. The second-order valence-corrected chi connectivity index (χ2v) is 8.49. The van der Waals surface area contributed by atoms with Gasteiger partial charge in [0.15, 0.2) is 0 Å². The largest absolute Gasteiger partial charge is 0.340 e. The normalized spacial score (nSPS) is 11.1. The molecule has 1 N–H and O–H groups in total. The van der Waals surface area contributed by atoms with Crippen LogP contribution < -0.4 is 5.32 Å². The maximum atomic E-state index is 4.54. The zero-order chi connectivity index (χ0) is 18.3. The number of fused-ring (bicyclic) bond motifs is 1. The number of hydrogen-bond donors (Lipinski definition) is 1. The van der Waals surface area contributed by atoms with Crippen LogP contribution in [-0.4, -0.2) is 9.97 Å². The molecule has 0 aliphatic carbocycles. The molecule has 0 spiro atoms. The number of hydrogen-bond acceptors (Lipinski definition) is 4. The van der Waals surface area contributed by atoms with E-state index < -0.39 is 0 Å². The van der Waals surface area contributed by atoms with Crippen LogP contribution in [0.25, 0.3) is 21.3 Å². The average Bonchev–Trinajstić information content (AvgIpc) is 2.96. The number of benzene rings is 2. The van der Waals surface area contributed by atoms with Crippen molar-refractivity contribution in [2.75, 3.05) is 5.32 Å². The third kappa shape index (κ3) is 3.13. The molecule has 2 aromatic carbocycles. The lowest BCUT2D eigenvalue weighted by molar-refractivity contribution is 1.23. The van der Waals surface area contributed by atoms with Crippen molar-refractivity contribution in [2.24, 2.45) is 0 Å². The Morgan fingerprint density at radius 1 is 0.923 bits per heavy atom. The van der Waals surface area contributed by atoms with E-state index in [1.54, 1.807) is 17.7 Å². The van der Waals surface area contributed by atoms with Crippen molar-refractivity contribution in [3.05, 3.63) is 69.3 Å². The van der Waals surface area contributed by atoms with Crippen LogP contribution in [0.1, 0.15) is 16.0 Å². The molecule has 3 nitrogen and oxygen atoms in total. The first-order valence-corrected chi connectivity index (χ1v) is 9.98. The van der Waals surface area contributed by atoms with Crippen molar-refractivity contribution in [3.8, 4) is 11.1 Å². The van der Waals surface area contributed by atoms with Gasteiger partial charge in [0.2, 0.25) is 0 Å². The lowest BCUT2D eigenvalue weighted by Crippen LogP contribution is -1.95. The molecule has 130 valence electrons. The van der Waals surface area contributed by atoms with Crippen LogP contribution in [0.3, 0.4) is 0 Å². The molecule has 0 bridgehead atoms. The Hall–Kier alpha value is -2.24. The summed E-state index contributed by atoms with van der Waals surface area (Å²) in [7, 11) is 0. The molecule has 0 aliphatic rings. The summed E-state index contributed by atoms with van der Waals surface area (Å²) in [6.45, 7) is 6.45. The quantitative estimate of drug-likeness (QED) is 0.394. The van der Waals surface area contributed by atoms with Gasteiger partial charge in [0, 0.05) is 20.6 Å². The second kappa shape index (κ2) is 6.82. The van der Waals surface area contributed by atoms with Crippen molar-refractivity contribution >= 4 is 49.0 Å². The first-order valence-electron chi connectivity index (χ1n) is 8.37. The fraction of sp³-hybridized carbons (Fsp3) is 0.143. The second-order valence-electron chi connectivity index (χ2n) is 6.37. The molecule has 0 saturated carbocycles. The molecule has 0 saturated heterocycles. The van der Waals surface area contributed by atoms with E-state index in [1.165, 1.54) is 27.1 Å². The molecule has 5 heteroatoms. The number of thiophene rings is 1. The number of nitrogens with zero attached hydrogens (tertiary/aromatic N) is 2. The van der Waals surface area contributed by atoms with E-state index in [0.717, 1.165) is 26.2 Å². The van der Waals surface area contributed by atoms with E-state index in [0.29, 0.717) is 0 Å². The molecular formula is C21H18BrN3S. The van der Waals surface area contributed by atoms with E-state index in [2.05, 4.69) is 70.2 Å². The highest BCUT2D eigenvalue weighted by Crippen LogP contribution is 2.41. The Bertz CT molecular complexity index is 1100. The van der Waals surface area contributed by atoms with Crippen LogP contribution in [0.15, 0.2) is 53.3 Å². The molecule has 0 radical (unpaired) electrons. The average molecular weight is 424 g/mol. The highest BCUT2D eigenvalue weighted by molar-refractivity contribution is 9.10. The molecular weight excluding hydrogens is 406 g/mol. The molecule has 2 heterocycles. The van der Waals surface area contributed by atoms with Gasteiger partial charge in [-0.15, -0.1) is 11.3 Å². The van der Waals surface area contributed by atoms with Gasteiger partial charge in [0.05, 0.1) is 5.39 Å².